The van der Waals surface area contributed by atoms with Crippen LogP contribution in [-0.2, 0) is 16.8 Å². The Morgan fingerprint density at radius 1 is 1.33 bits per heavy atom. The molecule has 0 unspecified atom stereocenters. The Balaban J connectivity index is 2.70. The number of para-hydroxylation sites is 1. The number of nitrogens with one attached hydrogen (secondary N) is 1. The van der Waals surface area contributed by atoms with Gasteiger partial charge in [0.15, 0.2) is 0 Å². The van der Waals surface area contributed by atoms with Crippen LogP contribution in [-0.4, -0.2) is 26.8 Å². The van der Waals surface area contributed by atoms with Gasteiger partial charge in [0.1, 0.15) is 0 Å². The highest BCUT2D eigenvalue weighted by molar-refractivity contribution is 7.87. The fourth-order valence-corrected chi connectivity index (χ4v) is 1.59. The van der Waals surface area contributed by atoms with E-state index in [4.69, 9.17) is 5.73 Å². The van der Waals surface area contributed by atoms with Crippen LogP contribution in [0.5, 0.6) is 0 Å². The minimum Gasteiger partial charge on any atom is -0.398 e. The summed E-state index contributed by atoms with van der Waals surface area (Å²) >= 11 is 0. The molecule has 0 heterocycles. The number of nitrogen functional groups attached to an aromatic ring is 1. The van der Waals surface area contributed by atoms with Crippen molar-refractivity contribution in [2.75, 3.05) is 19.8 Å². The number of nitrogens with two attached hydrogens (primary N) is 1. The zero-order valence-electron chi connectivity index (χ0n) is 8.77. The minimum atomic E-state index is -3.39. The second-order valence-electron chi connectivity index (χ2n) is 3.31. The molecule has 0 fully saturated rings. The third kappa shape index (κ3) is 3.19. The minimum absolute atomic E-state index is 0.202. The molecule has 1 aromatic carbocycles. The van der Waals surface area contributed by atoms with Crippen LogP contribution in [0, 0.1) is 0 Å². The summed E-state index contributed by atoms with van der Waals surface area (Å²) in [4.78, 5) is 0. The lowest BCUT2D eigenvalue weighted by Gasteiger charge is -2.13. The van der Waals surface area contributed by atoms with Gasteiger partial charge < -0.3 is 5.73 Å². The first-order valence-electron chi connectivity index (χ1n) is 4.44. The van der Waals surface area contributed by atoms with Crippen LogP contribution < -0.4 is 10.5 Å². The third-order valence-electron chi connectivity index (χ3n) is 1.98. The van der Waals surface area contributed by atoms with E-state index in [9.17, 15) is 8.42 Å². The smallest absolute Gasteiger partial charge is 0.279 e. The molecule has 0 spiro atoms. The Morgan fingerprint density at radius 2 is 1.93 bits per heavy atom. The molecule has 1 aromatic rings. The molecule has 0 saturated carbocycles. The summed E-state index contributed by atoms with van der Waals surface area (Å²) in [5, 5.41) is 0. The standard InChI is InChI=1S/C9H15N3O2S/c1-12(2)15(13,14)11-7-8-5-3-4-6-9(8)10/h3-6,11H,7,10H2,1-2H3. The maximum Gasteiger partial charge on any atom is 0.279 e. The van der Waals surface area contributed by atoms with Gasteiger partial charge in [0.2, 0.25) is 0 Å². The van der Waals surface area contributed by atoms with E-state index in [0.717, 1.165) is 9.87 Å². The number of rotatable bonds is 4. The van der Waals surface area contributed by atoms with Gasteiger partial charge in [-0.1, -0.05) is 18.2 Å². The first-order valence-corrected chi connectivity index (χ1v) is 5.88. The Labute approximate surface area is 90.1 Å². The molecule has 0 amide bonds. The molecule has 15 heavy (non-hydrogen) atoms. The monoisotopic (exact) mass is 229 g/mol. The molecular formula is C9H15N3O2S. The predicted octanol–water partition coefficient (Wildman–Crippen LogP) is 0.165. The summed E-state index contributed by atoms with van der Waals surface area (Å²) in [5.74, 6) is 0. The fourth-order valence-electron chi connectivity index (χ4n) is 0.993. The topological polar surface area (TPSA) is 75.4 Å². The van der Waals surface area contributed by atoms with Gasteiger partial charge in [0, 0.05) is 26.3 Å². The van der Waals surface area contributed by atoms with Crippen molar-refractivity contribution >= 4 is 15.9 Å². The lowest BCUT2D eigenvalue weighted by molar-refractivity contribution is 0.505. The number of hydrogen-bond donors (Lipinski definition) is 2. The van der Waals surface area contributed by atoms with Crippen molar-refractivity contribution in [3.63, 3.8) is 0 Å². The maximum absolute atomic E-state index is 11.4. The van der Waals surface area contributed by atoms with Gasteiger partial charge in [-0.3, -0.25) is 0 Å². The van der Waals surface area contributed by atoms with E-state index >= 15 is 0 Å². The molecule has 1 rings (SSSR count). The second-order valence-corrected chi connectivity index (χ2v) is 5.28. The van der Waals surface area contributed by atoms with E-state index in [2.05, 4.69) is 4.72 Å². The van der Waals surface area contributed by atoms with Crippen LogP contribution in [0.25, 0.3) is 0 Å². The van der Waals surface area contributed by atoms with E-state index in [0.29, 0.717) is 5.69 Å². The summed E-state index contributed by atoms with van der Waals surface area (Å²) in [6, 6.07) is 7.14. The molecule has 6 heteroatoms. The summed E-state index contributed by atoms with van der Waals surface area (Å²) in [7, 11) is -0.448. The van der Waals surface area contributed by atoms with Gasteiger partial charge >= 0.3 is 0 Å². The summed E-state index contributed by atoms with van der Waals surface area (Å²) in [5.41, 5.74) is 7.03. The highest BCUT2D eigenvalue weighted by Gasteiger charge is 2.12. The Bertz CT molecular complexity index is 429. The Morgan fingerprint density at radius 3 is 2.47 bits per heavy atom. The van der Waals surface area contributed by atoms with Gasteiger partial charge in [0.05, 0.1) is 0 Å². The van der Waals surface area contributed by atoms with E-state index in [1.807, 2.05) is 6.07 Å². The molecule has 0 aromatic heterocycles. The van der Waals surface area contributed by atoms with Gasteiger partial charge in [-0.2, -0.15) is 17.4 Å². The lowest BCUT2D eigenvalue weighted by Crippen LogP contribution is -2.35. The van der Waals surface area contributed by atoms with Crippen molar-refractivity contribution in [2.24, 2.45) is 0 Å². The summed E-state index contributed by atoms with van der Waals surface area (Å²) < 4.78 is 26.3. The zero-order valence-corrected chi connectivity index (χ0v) is 9.58. The summed E-state index contributed by atoms with van der Waals surface area (Å²) in [6.45, 7) is 0.202. The van der Waals surface area contributed by atoms with Crippen molar-refractivity contribution in [1.82, 2.24) is 9.03 Å². The molecule has 0 radical (unpaired) electrons. The van der Waals surface area contributed by atoms with Crippen molar-refractivity contribution < 1.29 is 8.42 Å². The average molecular weight is 229 g/mol. The number of nitrogens with zero attached hydrogens (tertiary/aromatic N) is 1. The first kappa shape index (κ1) is 12.0. The quantitative estimate of drug-likeness (QED) is 0.722. The van der Waals surface area contributed by atoms with Crippen LogP contribution in [0.15, 0.2) is 24.3 Å². The second kappa shape index (κ2) is 4.61. The highest BCUT2D eigenvalue weighted by atomic mass is 32.2. The zero-order chi connectivity index (χ0) is 11.5. The van der Waals surface area contributed by atoms with Gasteiger partial charge in [-0.15, -0.1) is 0 Å². The average Bonchev–Trinajstić information content (AvgIpc) is 2.16. The predicted molar refractivity (Wildman–Crippen MR) is 60.3 cm³/mol. The van der Waals surface area contributed by atoms with Gasteiger partial charge in [-0.25, -0.2) is 0 Å². The lowest BCUT2D eigenvalue weighted by atomic mass is 10.2. The molecule has 0 bridgehead atoms. The number of hydrogen-bond acceptors (Lipinski definition) is 3. The SMILES string of the molecule is CN(C)S(=O)(=O)NCc1ccccc1N. The molecule has 0 aliphatic heterocycles. The highest BCUT2D eigenvalue weighted by Crippen LogP contribution is 2.10. The van der Waals surface area contributed by atoms with E-state index in [1.54, 1.807) is 18.2 Å². The van der Waals surface area contributed by atoms with Crippen molar-refractivity contribution in [1.29, 1.82) is 0 Å². The van der Waals surface area contributed by atoms with Crippen LogP contribution in [0.4, 0.5) is 5.69 Å². The Hall–Kier alpha value is -1.11. The van der Waals surface area contributed by atoms with E-state index in [1.165, 1.54) is 14.1 Å². The molecule has 5 nitrogen and oxygen atoms in total. The number of benzene rings is 1. The molecule has 3 N–H and O–H groups in total. The third-order valence-corrected chi connectivity index (χ3v) is 3.45. The van der Waals surface area contributed by atoms with Crippen LogP contribution in [0.3, 0.4) is 0 Å². The molecule has 0 saturated heterocycles. The first-order chi connectivity index (χ1) is 6.93. The van der Waals surface area contributed by atoms with E-state index < -0.39 is 10.2 Å². The Kier molecular flexibility index (Phi) is 3.67. The van der Waals surface area contributed by atoms with E-state index in [-0.39, 0.29) is 6.54 Å². The maximum atomic E-state index is 11.4. The normalized spacial score (nSPS) is 11.9. The van der Waals surface area contributed by atoms with Crippen LogP contribution >= 0.6 is 0 Å². The van der Waals surface area contributed by atoms with Gasteiger partial charge in [-0.05, 0) is 11.6 Å². The molecular weight excluding hydrogens is 214 g/mol. The summed E-state index contributed by atoms with van der Waals surface area (Å²) in [6.07, 6.45) is 0. The molecule has 0 aliphatic rings. The van der Waals surface area contributed by atoms with Gasteiger partial charge in [0.25, 0.3) is 10.2 Å². The van der Waals surface area contributed by atoms with Crippen LogP contribution in [0.1, 0.15) is 5.56 Å². The van der Waals surface area contributed by atoms with Crippen molar-refractivity contribution in [3.8, 4) is 0 Å². The fraction of sp³-hybridized carbons (Fsp3) is 0.333. The largest absolute Gasteiger partial charge is 0.398 e. The number of anilines is 1. The molecule has 84 valence electrons. The van der Waals surface area contributed by atoms with Crippen molar-refractivity contribution in [3.05, 3.63) is 29.8 Å². The molecule has 0 aliphatic carbocycles. The molecule has 0 atom stereocenters. The van der Waals surface area contributed by atoms with Crippen molar-refractivity contribution in [2.45, 2.75) is 6.54 Å². The van der Waals surface area contributed by atoms with Crippen LogP contribution in [0.2, 0.25) is 0 Å².